The molecule has 1 amide bonds. The van der Waals surface area contributed by atoms with Crippen LogP contribution in [0.3, 0.4) is 0 Å². The van der Waals surface area contributed by atoms with Gasteiger partial charge in [-0.1, -0.05) is 13.3 Å². The maximum Gasteiger partial charge on any atom is 0.272 e. The molecule has 104 valence electrons. The molecule has 0 aliphatic carbocycles. The molecule has 1 saturated heterocycles. The molecular formula is C15H23N3O. The van der Waals surface area contributed by atoms with Crippen molar-refractivity contribution >= 4 is 11.6 Å². The number of anilines is 1. The van der Waals surface area contributed by atoms with Crippen LogP contribution < -0.4 is 5.32 Å². The maximum atomic E-state index is 12.4. The predicted molar refractivity (Wildman–Crippen MR) is 77.3 cm³/mol. The van der Waals surface area contributed by atoms with E-state index < -0.39 is 0 Å². The van der Waals surface area contributed by atoms with Crippen molar-refractivity contribution in [1.82, 2.24) is 9.88 Å². The van der Waals surface area contributed by atoms with Crippen LogP contribution >= 0.6 is 0 Å². The van der Waals surface area contributed by atoms with Crippen molar-refractivity contribution in [1.29, 1.82) is 0 Å². The molecule has 4 heteroatoms. The minimum Gasteiger partial charge on any atom is -0.385 e. The van der Waals surface area contributed by atoms with Crippen molar-refractivity contribution < 1.29 is 4.79 Å². The molecule has 1 fully saturated rings. The summed E-state index contributed by atoms with van der Waals surface area (Å²) in [6.07, 6.45) is 5.16. The number of carbonyl (C=O) groups is 1. The standard InChI is InChI=1S/C15H23N3O/c1-3-12-6-9-18(10-7-12)15(19)14-11-13(16-4-2)5-8-17-14/h5,8,11-12H,3-4,6-7,9-10H2,1-2H3,(H,16,17). The molecule has 0 unspecified atom stereocenters. The topological polar surface area (TPSA) is 45.2 Å². The van der Waals surface area contributed by atoms with Crippen molar-refractivity contribution in [3.63, 3.8) is 0 Å². The summed E-state index contributed by atoms with van der Waals surface area (Å²) >= 11 is 0. The second-order valence-corrected chi connectivity index (χ2v) is 5.10. The summed E-state index contributed by atoms with van der Waals surface area (Å²) in [5, 5.41) is 3.21. The number of amides is 1. The molecule has 1 N–H and O–H groups in total. The van der Waals surface area contributed by atoms with E-state index >= 15 is 0 Å². The molecule has 0 saturated carbocycles. The molecule has 0 spiro atoms. The largest absolute Gasteiger partial charge is 0.385 e. The molecule has 2 rings (SSSR count). The third-order valence-electron chi connectivity index (χ3n) is 3.84. The number of piperidine rings is 1. The molecule has 1 aromatic rings. The van der Waals surface area contributed by atoms with Crippen LogP contribution in [-0.4, -0.2) is 35.4 Å². The minimum absolute atomic E-state index is 0.0642. The van der Waals surface area contributed by atoms with Crippen molar-refractivity contribution in [2.75, 3.05) is 25.0 Å². The van der Waals surface area contributed by atoms with Crippen LogP contribution in [0.5, 0.6) is 0 Å². The molecule has 1 aromatic heterocycles. The van der Waals surface area contributed by atoms with Gasteiger partial charge in [-0.2, -0.15) is 0 Å². The normalized spacial score (nSPS) is 16.4. The van der Waals surface area contributed by atoms with Gasteiger partial charge in [0.1, 0.15) is 5.69 Å². The molecular weight excluding hydrogens is 238 g/mol. The van der Waals surface area contributed by atoms with Gasteiger partial charge in [0.05, 0.1) is 0 Å². The highest BCUT2D eigenvalue weighted by atomic mass is 16.2. The molecule has 1 aliphatic heterocycles. The molecule has 4 nitrogen and oxygen atoms in total. The Labute approximate surface area is 115 Å². The Balaban J connectivity index is 2.01. The molecule has 0 aromatic carbocycles. The first-order valence-corrected chi connectivity index (χ1v) is 7.23. The van der Waals surface area contributed by atoms with Crippen molar-refractivity contribution in [2.24, 2.45) is 5.92 Å². The number of pyridine rings is 1. The number of hydrogen-bond donors (Lipinski definition) is 1. The van der Waals surface area contributed by atoms with E-state index in [9.17, 15) is 4.79 Å². The lowest BCUT2D eigenvalue weighted by atomic mass is 9.94. The Morgan fingerprint density at radius 1 is 1.42 bits per heavy atom. The highest BCUT2D eigenvalue weighted by Crippen LogP contribution is 2.21. The first kappa shape index (κ1) is 13.8. The Bertz CT molecular complexity index is 425. The van der Waals surface area contributed by atoms with E-state index in [1.807, 2.05) is 24.0 Å². The zero-order valence-electron chi connectivity index (χ0n) is 11.9. The van der Waals surface area contributed by atoms with E-state index in [-0.39, 0.29) is 5.91 Å². The van der Waals surface area contributed by atoms with Gasteiger partial charge >= 0.3 is 0 Å². The second kappa shape index (κ2) is 6.55. The summed E-state index contributed by atoms with van der Waals surface area (Å²) in [7, 11) is 0. The highest BCUT2D eigenvalue weighted by Gasteiger charge is 2.23. The smallest absolute Gasteiger partial charge is 0.272 e. The van der Waals surface area contributed by atoms with Crippen molar-refractivity contribution in [3.8, 4) is 0 Å². The monoisotopic (exact) mass is 261 g/mol. The fourth-order valence-corrected chi connectivity index (χ4v) is 2.57. The molecule has 1 aliphatic rings. The SMILES string of the molecule is CCNc1ccnc(C(=O)N2CCC(CC)CC2)c1. The fourth-order valence-electron chi connectivity index (χ4n) is 2.57. The zero-order chi connectivity index (χ0) is 13.7. The van der Waals surface area contributed by atoms with Gasteiger partial charge in [-0.25, -0.2) is 0 Å². The second-order valence-electron chi connectivity index (χ2n) is 5.10. The van der Waals surface area contributed by atoms with Crippen LogP contribution in [0.25, 0.3) is 0 Å². The van der Waals surface area contributed by atoms with E-state index in [4.69, 9.17) is 0 Å². The number of nitrogens with zero attached hydrogens (tertiary/aromatic N) is 2. The molecule has 2 heterocycles. The summed E-state index contributed by atoms with van der Waals surface area (Å²) in [6, 6.07) is 3.74. The summed E-state index contributed by atoms with van der Waals surface area (Å²) in [4.78, 5) is 18.5. The maximum absolute atomic E-state index is 12.4. The summed E-state index contributed by atoms with van der Waals surface area (Å²) in [5.41, 5.74) is 1.51. The van der Waals surface area contributed by atoms with Crippen LogP contribution in [0.2, 0.25) is 0 Å². The average Bonchev–Trinajstić information content (AvgIpc) is 2.47. The van der Waals surface area contributed by atoms with Gasteiger partial charge in [0.15, 0.2) is 0 Å². The Morgan fingerprint density at radius 3 is 2.79 bits per heavy atom. The van der Waals surface area contributed by atoms with E-state index in [2.05, 4.69) is 17.2 Å². The Hall–Kier alpha value is -1.58. The summed E-state index contributed by atoms with van der Waals surface area (Å²) < 4.78 is 0. The number of carbonyl (C=O) groups excluding carboxylic acids is 1. The summed E-state index contributed by atoms with van der Waals surface area (Å²) in [6.45, 7) is 6.84. The van der Waals surface area contributed by atoms with Crippen LogP contribution in [-0.2, 0) is 0 Å². The van der Waals surface area contributed by atoms with Crippen LogP contribution in [0.1, 0.15) is 43.6 Å². The van der Waals surface area contributed by atoms with E-state index in [1.54, 1.807) is 6.20 Å². The molecule has 0 atom stereocenters. The highest BCUT2D eigenvalue weighted by molar-refractivity contribution is 5.93. The zero-order valence-corrected chi connectivity index (χ0v) is 11.9. The lowest BCUT2D eigenvalue weighted by molar-refractivity contribution is 0.0683. The van der Waals surface area contributed by atoms with E-state index in [1.165, 1.54) is 6.42 Å². The predicted octanol–water partition coefficient (Wildman–Crippen LogP) is 2.78. The minimum atomic E-state index is 0.0642. The van der Waals surface area contributed by atoms with Gasteiger partial charge in [0.25, 0.3) is 5.91 Å². The quantitative estimate of drug-likeness (QED) is 0.906. The van der Waals surface area contributed by atoms with E-state index in [0.717, 1.165) is 44.1 Å². The Morgan fingerprint density at radius 2 is 2.16 bits per heavy atom. The van der Waals surface area contributed by atoms with E-state index in [0.29, 0.717) is 5.69 Å². The Kier molecular flexibility index (Phi) is 4.77. The lowest BCUT2D eigenvalue weighted by Crippen LogP contribution is -2.38. The number of rotatable bonds is 4. The third-order valence-corrected chi connectivity index (χ3v) is 3.84. The van der Waals surface area contributed by atoms with Gasteiger partial charge in [0, 0.05) is 31.5 Å². The van der Waals surface area contributed by atoms with Crippen molar-refractivity contribution in [3.05, 3.63) is 24.0 Å². The molecule has 0 radical (unpaired) electrons. The van der Waals surface area contributed by atoms with Gasteiger partial charge in [-0.3, -0.25) is 9.78 Å². The lowest BCUT2D eigenvalue weighted by Gasteiger charge is -2.31. The number of hydrogen-bond acceptors (Lipinski definition) is 3. The number of aromatic nitrogens is 1. The molecule has 19 heavy (non-hydrogen) atoms. The average molecular weight is 261 g/mol. The van der Waals surface area contributed by atoms with Crippen molar-refractivity contribution in [2.45, 2.75) is 33.1 Å². The molecule has 0 bridgehead atoms. The van der Waals surface area contributed by atoms with Gasteiger partial charge in [0.2, 0.25) is 0 Å². The first-order chi connectivity index (χ1) is 9.24. The van der Waals surface area contributed by atoms with Gasteiger partial charge < -0.3 is 10.2 Å². The van der Waals surface area contributed by atoms with Gasteiger partial charge in [-0.05, 0) is 37.8 Å². The van der Waals surface area contributed by atoms with Crippen LogP contribution in [0.4, 0.5) is 5.69 Å². The van der Waals surface area contributed by atoms with Gasteiger partial charge in [-0.15, -0.1) is 0 Å². The summed E-state index contributed by atoms with van der Waals surface area (Å²) in [5.74, 6) is 0.847. The third kappa shape index (κ3) is 3.46. The first-order valence-electron chi connectivity index (χ1n) is 7.23. The van der Waals surface area contributed by atoms with Crippen LogP contribution in [0, 0.1) is 5.92 Å². The number of likely N-dealkylation sites (tertiary alicyclic amines) is 1. The fraction of sp³-hybridized carbons (Fsp3) is 0.600. The number of nitrogens with one attached hydrogen (secondary N) is 1. The van der Waals surface area contributed by atoms with Crippen LogP contribution in [0.15, 0.2) is 18.3 Å².